The summed E-state index contributed by atoms with van der Waals surface area (Å²) in [6.07, 6.45) is 0. The van der Waals surface area contributed by atoms with Gasteiger partial charge in [-0.3, -0.25) is 4.79 Å². The number of hydrogen-bond acceptors (Lipinski definition) is 4. The molecule has 4 nitrogen and oxygen atoms in total. The second-order valence-corrected chi connectivity index (χ2v) is 5.43. The number of rotatable bonds is 2. The van der Waals surface area contributed by atoms with E-state index in [2.05, 4.69) is 23.7 Å². The van der Waals surface area contributed by atoms with Crippen molar-refractivity contribution in [1.29, 1.82) is 0 Å². The quantitative estimate of drug-likeness (QED) is 0.816. The van der Waals surface area contributed by atoms with Crippen LogP contribution in [0.1, 0.15) is 21.5 Å². The van der Waals surface area contributed by atoms with Gasteiger partial charge in [0, 0.05) is 26.2 Å². The third-order valence-electron chi connectivity index (χ3n) is 3.21. The molecule has 0 spiro atoms. The molecule has 1 saturated heterocycles. The molecular formula is C14H18N2O2S. The van der Waals surface area contributed by atoms with Gasteiger partial charge in [0.05, 0.1) is 9.75 Å². The molecule has 1 fully saturated rings. The van der Waals surface area contributed by atoms with Crippen LogP contribution in [0, 0.1) is 11.8 Å². The minimum absolute atomic E-state index is 0.0952. The average molecular weight is 278 g/mol. The van der Waals surface area contributed by atoms with Crippen LogP contribution in [0.2, 0.25) is 0 Å². The largest absolute Gasteiger partial charge is 0.384 e. The second-order valence-electron chi connectivity index (χ2n) is 4.35. The SMILES string of the molecule is CCN1CCN(C(=O)c2ccc(C#CCO)s2)CC1. The molecule has 102 valence electrons. The van der Waals surface area contributed by atoms with Gasteiger partial charge in [0.15, 0.2) is 0 Å². The Morgan fingerprint density at radius 1 is 1.37 bits per heavy atom. The Balaban J connectivity index is 1.98. The lowest BCUT2D eigenvalue weighted by atomic mass is 10.3. The van der Waals surface area contributed by atoms with Crippen LogP contribution in [0.25, 0.3) is 0 Å². The molecule has 0 atom stereocenters. The summed E-state index contributed by atoms with van der Waals surface area (Å²) in [4.78, 5) is 18.1. The maximum atomic E-state index is 12.3. The number of amides is 1. The zero-order valence-corrected chi connectivity index (χ0v) is 11.9. The minimum Gasteiger partial charge on any atom is -0.384 e. The van der Waals surface area contributed by atoms with Crippen molar-refractivity contribution in [3.63, 3.8) is 0 Å². The van der Waals surface area contributed by atoms with Crippen LogP contribution in [0.3, 0.4) is 0 Å². The molecule has 1 aliphatic heterocycles. The van der Waals surface area contributed by atoms with Gasteiger partial charge in [0.1, 0.15) is 6.61 Å². The fourth-order valence-electron chi connectivity index (χ4n) is 2.07. The van der Waals surface area contributed by atoms with Crippen LogP contribution in [-0.4, -0.2) is 60.1 Å². The summed E-state index contributed by atoms with van der Waals surface area (Å²) in [5, 5.41) is 8.65. The van der Waals surface area contributed by atoms with Crippen molar-refractivity contribution in [2.24, 2.45) is 0 Å². The van der Waals surface area contributed by atoms with Crippen molar-refractivity contribution in [3.8, 4) is 11.8 Å². The first-order valence-corrected chi connectivity index (χ1v) is 7.27. The molecule has 0 unspecified atom stereocenters. The summed E-state index contributed by atoms with van der Waals surface area (Å²) < 4.78 is 0. The topological polar surface area (TPSA) is 43.8 Å². The number of aliphatic hydroxyl groups excluding tert-OH is 1. The van der Waals surface area contributed by atoms with Crippen molar-refractivity contribution < 1.29 is 9.90 Å². The summed E-state index contributed by atoms with van der Waals surface area (Å²) in [5.74, 6) is 5.52. The van der Waals surface area contributed by atoms with E-state index in [1.54, 1.807) is 0 Å². The predicted molar refractivity (Wildman–Crippen MR) is 76.3 cm³/mol. The van der Waals surface area contributed by atoms with Crippen molar-refractivity contribution in [2.75, 3.05) is 39.3 Å². The highest BCUT2D eigenvalue weighted by Crippen LogP contribution is 2.18. The number of carbonyl (C=O) groups excluding carboxylic acids is 1. The third-order valence-corrected chi connectivity index (χ3v) is 4.20. The summed E-state index contributed by atoms with van der Waals surface area (Å²) in [6, 6.07) is 3.66. The highest BCUT2D eigenvalue weighted by molar-refractivity contribution is 7.14. The molecule has 1 N–H and O–H groups in total. The zero-order valence-electron chi connectivity index (χ0n) is 11.1. The molecule has 2 heterocycles. The van der Waals surface area contributed by atoms with E-state index in [0.29, 0.717) is 0 Å². The first kappa shape index (κ1) is 14.1. The van der Waals surface area contributed by atoms with Crippen molar-refractivity contribution in [3.05, 3.63) is 21.9 Å². The normalized spacial score (nSPS) is 16.0. The number of piperazine rings is 1. The fraction of sp³-hybridized carbons (Fsp3) is 0.500. The number of hydrogen-bond donors (Lipinski definition) is 1. The van der Waals surface area contributed by atoms with Crippen molar-refractivity contribution >= 4 is 17.2 Å². The number of aliphatic hydroxyl groups is 1. The van der Waals surface area contributed by atoms with Crippen LogP contribution in [0.15, 0.2) is 12.1 Å². The first-order chi connectivity index (χ1) is 9.24. The molecule has 5 heteroatoms. The molecule has 1 aromatic rings. The predicted octanol–water partition coefficient (Wildman–Crippen LogP) is 0.870. The highest BCUT2D eigenvalue weighted by atomic mass is 32.1. The molecule has 1 amide bonds. The Bertz CT molecular complexity index is 493. The van der Waals surface area contributed by atoms with Crippen molar-refractivity contribution in [2.45, 2.75) is 6.92 Å². The molecule has 2 rings (SSSR count). The molecular weight excluding hydrogens is 260 g/mol. The maximum Gasteiger partial charge on any atom is 0.264 e. The van der Waals surface area contributed by atoms with Crippen LogP contribution in [0.4, 0.5) is 0 Å². The second kappa shape index (κ2) is 6.71. The smallest absolute Gasteiger partial charge is 0.264 e. The molecule has 0 aromatic carbocycles. The van der Waals surface area contributed by atoms with Gasteiger partial charge in [0.2, 0.25) is 0 Å². The maximum absolute atomic E-state index is 12.3. The van der Waals surface area contributed by atoms with Crippen molar-refractivity contribution in [1.82, 2.24) is 9.80 Å². The van der Waals surface area contributed by atoms with E-state index in [9.17, 15) is 4.79 Å². The Hall–Kier alpha value is -1.35. The van der Waals surface area contributed by atoms with Gasteiger partial charge in [0.25, 0.3) is 5.91 Å². The molecule has 0 saturated carbocycles. The fourth-order valence-corrected chi connectivity index (χ4v) is 2.92. The van der Waals surface area contributed by atoms with Gasteiger partial charge in [-0.1, -0.05) is 18.8 Å². The van der Waals surface area contributed by atoms with E-state index in [1.165, 1.54) is 11.3 Å². The zero-order chi connectivity index (χ0) is 13.7. The summed E-state index contributed by atoms with van der Waals surface area (Å²) in [7, 11) is 0. The van der Waals surface area contributed by atoms with Gasteiger partial charge < -0.3 is 14.9 Å². The first-order valence-electron chi connectivity index (χ1n) is 6.45. The van der Waals surface area contributed by atoms with E-state index >= 15 is 0 Å². The minimum atomic E-state index is -0.153. The van der Waals surface area contributed by atoms with E-state index in [0.717, 1.165) is 42.5 Å². The average Bonchev–Trinajstić information content (AvgIpc) is 2.93. The highest BCUT2D eigenvalue weighted by Gasteiger charge is 2.22. The van der Waals surface area contributed by atoms with Gasteiger partial charge in [-0.05, 0) is 18.7 Å². The number of carbonyl (C=O) groups is 1. The number of nitrogens with zero attached hydrogens (tertiary/aromatic N) is 2. The Morgan fingerprint density at radius 2 is 2.11 bits per heavy atom. The molecule has 1 aromatic heterocycles. The number of likely N-dealkylation sites (N-methyl/N-ethyl adjacent to an activating group) is 1. The van der Waals surface area contributed by atoms with Gasteiger partial charge in [-0.2, -0.15) is 0 Å². The third kappa shape index (κ3) is 3.57. The van der Waals surface area contributed by atoms with E-state index < -0.39 is 0 Å². The van der Waals surface area contributed by atoms with Gasteiger partial charge >= 0.3 is 0 Å². The van der Waals surface area contributed by atoms with Gasteiger partial charge in [-0.15, -0.1) is 11.3 Å². The van der Waals surface area contributed by atoms with Gasteiger partial charge in [-0.25, -0.2) is 0 Å². The molecule has 0 bridgehead atoms. The lowest BCUT2D eigenvalue weighted by Crippen LogP contribution is -2.48. The molecule has 0 radical (unpaired) electrons. The monoisotopic (exact) mass is 278 g/mol. The van der Waals surface area contributed by atoms with E-state index in [4.69, 9.17) is 5.11 Å². The standard InChI is InChI=1S/C14H18N2O2S/c1-2-15-7-9-16(10-8-15)14(18)13-6-5-12(19-13)4-3-11-17/h5-6,17H,2,7-11H2,1H3. The number of thiophene rings is 1. The van der Waals surface area contributed by atoms with E-state index in [-0.39, 0.29) is 12.5 Å². The van der Waals surface area contributed by atoms with Crippen LogP contribution >= 0.6 is 11.3 Å². The molecule has 19 heavy (non-hydrogen) atoms. The summed E-state index contributed by atoms with van der Waals surface area (Å²) in [6.45, 7) is 6.52. The van der Waals surface area contributed by atoms with Crippen LogP contribution in [-0.2, 0) is 0 Å². The Kier molecular flexibility index (Phi) is 4.97. The van der Waals surface area contributed by atoms with Crippen LogP contribution in [0.5, 0.6) is 0 Å². The lowest BCUT2D eigenvalue weighted by Gasteiger charge is -2.33. The van der Waals surface area contributed by atoms with E-state index in [1.807, 2.05) is 17.0 Å². The summed E-state index contributed by atoms with van der Waals surface area (Å²) in [5.41, 5.74) is 0. The van der Waals surface area contributed by atoms with Crippen LogP contribution < -0.4 is 0 Å². The molecule has 0 aliphatic carbocycles. The summed E-state index contributed by atoms with van der Waals surface area (Å²) >= 11 is 1.39. The Labute approximate surface area is 117 Å². The molecule has 1 aliphatic rings. The lowest BCUT2D eigenvalue weighted by molar-refractivity contribution is 0.0648. The Morgan fingerprint density at radius 3 is 2.74 bits per heavy atom.